The van der Waals surface area contributed by atoms with Crippen molar-refractivity contribution in [2.24, 2.45) is 0 Å². The van der Waals surface area contributed by atoms with Crippen molar-refractivity contribution in [3.05, 3.63) is 11.1 Å². The van der Waals surface area contributed by atoms with Gasteiger partial charge in [-0.25, -0.2) is 4.98 Å². The van der Waals surface area contributed by atoms with Gasteiger partial charge >= 0.3 is 0 Å². The quantitative estimate of drug-likeness (QED) is 0.844. The molecular formula is C13H18ClN5O2. The Morgan fingerprint density at radius 1 is 1.19 bits per heavy atom. The second kappa shape index (κ2) is 5.31. The second-order valence-electron chi connectivity index (χ2n) is 5.80. The highest BCUT2D eigenvalue weighted by atomic mass is 35.5. The van der Waals surface area contributed by atoms with E-state index in [-0.39, 0.29) is 10.8 Å². The number of rotatable bonds is 2. The molecule has 2 unspecified atom stereocenters. The highest BCUT2D eigenvalue weighted by Crippen LogP contribution is 2.36. The molecule has 7 nitrogen and oxygen atoms in total. The standard InChI is InChI=1S/C13H18ClN5O2/c14-11-15-10(13-2-1-9(18-13)7-21-8-13)16-12(17-11)19-3-5-20-6-4-19/h9,18H,1-8H2. The third-order valence-electron chi connectivity index (χ3n) is 4.39. The number of nitrogens with zero attached hydrogens (tertiary/aromatic N) is 4. The molecule has 21 heavy (non-hydrogen) atoms. The van der Waals surface area contributed by atoms with Gasteiger partial charge in [0.2, 0.25) is 11.2 Å². The number of morpholine rings is 2. The highest BCUT2D eigenvalue weighted by molar-refractivity contribution is 6.28. The Hall–Kier alpha value is -1.02. The summed E-state index contributed by atoms with van der Waals surface area (Å²) in [6, 6.07) is 0.390. The molecule has 0 aliphatic carbocycles. The van der Waals surface area contributed by atoms with E-state index in [1.54, 1.807) is 0 Å². The summed E-state index contributed by atoms with van der Waals surface area (Å²) in [6.45, 7) is 4.28. The van der Waals surface area contributed by atoms with Crippen LogP contribution in [0, 0.1) is 0 Å². The van der Waals surface area contributed by atoms with E-state index in [4.69, 9.17) is 21.1 Å². The number of hydrogen-bond acceptors (Lipinski definition) is 7. The van der Waals surface area contributed by atoms with E-state index in [1.807, 2.05) is 0 Å². The number of nitrogens with one attached hydrogen (secondary N) is 1. The maximum absolute atomic E-state index is 6.13. The molecule has 3 aliphatic heterocycles. The molecule has 0 saturated carbocycles. The van der Waals surface area contributed by atoms with Crippen molar-refractivity contribution in [1.29, 1.82) is 0 Å². The van der Waals surface area contributed by atoms with Crippen LogP contribution < -0.4 is 10.2 Å². The van der Waals surface area contributed by atoms with Gasteiger partial charge in [0.25, 0.3) is 0 Å². The molecule has 0 radical (unpaired) electrons. The van der Waals surface area contributed by atoms with Crippen molar-refractivity contribution in [1.82, 2.24) is 20.3 Å². The van der Waals surface area contributed by atoms with Crippen LogP contribution in [0.15, 0.2) is 0 Å². The van der Waals surface area contributed by atoms with Gasteiger partial charge in [0, 0.05) is 19.1 Å². The third-order valence-corrected chi connectivity index (χ3v) is 4.55. The van der Waals surface area contributed by atoms with Crippen LogP contribution in [0.5, 0.6) is 0 Å². The van der Waals surface area contributed by atoms with Crippen molar-refractivity contribution < 1.29 is 9.47 Å². The molecule has 1 N–H and O–H groups in total. The Kier molecular flexibility index (Phi) is 3.45. The topological polar surface area (TPSA) is 72.4 Å². The summed E-state index contributed by atoms with van der Waals surface area (Å²) in [7, 11) is 0. The largest absolute Gasteiger partial charge is 0.378 e. The summed E-state index contributed by atoms with van der Waals surface area (Å²) in [6.07, 6.45) is 2.05. The monoisotopic (exact) mass is 311 g/mol. The summed E-state index contributed by atoms with van der Waals surface area (Å²) < 4.78 is 11.1. The normalized spacial score (nSPS) is 32.4. The van der Waals surface area contributed by atoms with Crippen molar-refractivity contribution in [3.63, 3.8) is 0 Å². The minimum absolute atomic E-state index is 0.242. The maximum atomic E-state index is 6.13. The minimum atomic E-state index is -0.309. The maximum Gasteiger partial charge on any atom is 0.230 e. The number of fused-ring (bicyclic) bond motifs is 2. The minimum Gasteiger partial charge on any atom is -0.378 e. The lowest BCUT2D eigenvalue weighted by atomic mass is 9.98. The van der Waals surface area contributed by atoms with Gasteiger partial charge in [-0.3, -0.25) is 5.32 Å². The van der Waals surface area contributed by atoms with Gasteiger partial charge in [0.05, 0.1) is 26.4 Å². The molecule has 2 atom stereocenters. The Bertz CT molecular complexity index is 535. The van der Waals surface area contributed by atoms with Crippen LogP contribution in [-0.2, 0) is 15.0 Å². The fourth-order valence-electron chi connectivity index (χ4n) is 3.27. The van der Waals surface area contributed by atoms with E-state index in [2.05, 4.69) is 25.2 Å². The number of aromatic nitrogens is 3. The molecule has 3 aliphatic rings. The molecule has 114 valence electrons. The van der Waals surface area contributed by atoms with Crippen LogP contribution in [0.4, 0.5) is 5.95 Å². The molecule has 1 aromatic heterocycles. The van der Waals surface area contributed by atoms with Crippen LogP contribution in [0.3, 0.4) is 0 Å². The van der Waals surface area contributed by atoms with Crippen LogP contribution in [-0.4, -0.2) is 60.5 Å². The average Bonchev–Trinajstić information content (AvgIpc) is 2.83. The Balaban J connectivity index is 1.67. The first-order valence-electron chi connectivity index (χ1n) is 7.35. The average molecular weight is 312 g/mol. The number of anilines is 1. The zero-order valence-electron chi connectivity index (χ0n) is 11.7. The summed E-state index contributed by atoms with van der Waals surface area (Å²) in [5, 5.41) is 3.84. The smallest absolute Gasteiger partial charge is 0.230 e. The fraction of sp³-hybridized carbons (Fsp3) is 0.769. The third kappa shape index (κ3) is 2.48. The van der Waals surface area contributed by atoms with Crippen molar-refractivity contribution in [2.75, 3.05) is 44.4 Å². The first-order chi connectivity index (χ1) is 10.3. The van der Waals surface area contributed by atoms with Gasteiger partial charge in [0.1, 0.15) is 5.54 Å². The molecule has 4 heterocycles. The SMILES string of the molecule is Clc1nc(N2CCOCC2)nc(C23CCC(COC2)N3)n1. The van der Waals surface area contributed by atoms with E-state index >= 15 is 0 Å². The van der Waals surface area contributed by atoms with Crippen LogP contribution >= 0.6 is 11.6 Å². The number of halogens is 1. The predicted octanol–water partition coefficient (Wildman–Crippen LogP) is 0.339. The molecule has 2 bridgehead atoms. The lowest BCUT2D eigenvalue weighted by Gasteiger charge is -2.34. The molecule has 0 spiro atoms. The fourth-order valence-corrected chi connectivity index (χ4v) is 3.42. The first-order valence-corrected chi connectivity index (χ1v) is 7.73. The second-order valence-corrected chi connectivity index (χ2v) is 6.14. The molecule has 1 aromatic rings. The molecule has 4 rings (SSSR count). The lowest BCUT2D eigenvalue weighted by molar-refractivity contribution is 0.0251. The number of hydrogen-bond donors (Lipinski definition) is 1. The molecule has 3 saturated heterocycles. The Labute approximate surface area is 128 Å². The van der Waals surface area contributed by atoms with Crippen LogP contribution in [0.1, 0.15) is 18.7 Å². The summed E-state index contributed by atoms with van der Waals surface area (Å²) in [4.78, 5) is 15.4. The van der Waals surface area contributed by atoms with E-state index in [1.165, 1.54) is 0 Å². The van der Waals surface area contributed by atoms with E-state index in [0.717, 1.165) is 32.5 Å². The molecule has 0 amide bonds. The van der Waals surface area contributed by atoms with Gasteiger partial charge in [0.15, 0.2) is 5.82 Å². The van der Waals surface area contributed by atoms with Crippen LogP contribution in [0.25, 0.3) is 0 Å². The first kappa shape index (κ1) is 13.6. The zero-order valence-corrected chi connectivity index (χ0v) is 12.5. The number of ether oxygens (including phenoxy) is 2. The highest BCUT2D eigenvalue weighted by Gasteiger charge is 2.46. The van der Waals surface area contributed by atoms with Gasteiger partial charge in [-0.05, 0) is 24.4 Å². The summed E-state index contributed by atoms with van der Waals surface area (Å²) >= 11 is 6.13. The zero-order chi connectivity index (χ0) is 14.3. The Morgan fingerprint density at radius 2 is 2.05 bits per heavy atom. The molecular weight excluding hydrogens is 294 g/mol. The van der Waals surface area contributed by atoms with Gasteiger partial charge in [-0.1, -0.05) is 0 Å². The molecule has 8 heteroatoms. The lowest BCUT2D eigenvalue weighted by Crippen LogP contribution is -2.51. The molecule has 0 aromatic carbocycles. The Morgan fingerprint density at radius 3 is 2.90 bits per heavy atom. The van der Waals surface area contributed by atoms with Gasteiger partial charge in [-0.15, -0.1) is 0 Å². The van der Waals surface area contributed by atoms with E-state index in [9.17, 15) is 0 Å². The van der Waals surface area contributed by atoms with Crippen molar-refractivity contribution in [3.8, 4) is 0 Å². The van der Waals surface area contributed by atoms with Gasteiger partial charge in [-0.2, -0.15) is 9.97 Å². The van der Waals surface area contributed by atoms with E-state index in [0.29, 0.717) is 37.6 Å². The van der Waals surface area contributed by atoms with E-state index < -0.39 is 0 Å². The van der Waals surface area contributed by atoms with Crippen LogP contribution in [0.2, 0.25) is 5.28 Å². The summed E-state index contributed by atoms with van der Waals surface area (Å²) in [5.74, 6) is 1.34. The van der Waals surface area contributed by atoms with Crippen molar-refractivity contribution >= 4 is 17.5 Å². The van der Waals surface area contributed by atoms with Gasteiger partial charge < -0.3 is 14.4 Å². The summed E-state index contributed by atoms with van der Waals surface area (Å²) in [5.41, 5.74) is -0.309. The van der Waals surface area contributed by atoms with Crippen molar-refractivity contribution in [2.45, 2.75) is 24.4 Å². The predicted molar refractivity (Wildman–Crippen MR) is 76.5 cm³/mol. The molecule has 3 fully saturated rings.